The van der Waals surface area contributed by atoms with E-state index in [0.717, 1.165) is 45.1 Å². The fraction of sp³-hybridized carbons (Fsp3) is 0.733. The number of carbonyl (C=O) groups is 2. The Morgan fingerprint density at radius 3 is 1.69 bits per heavy atom. The highest BCUT2D eigenvalue weighted by Crippen LogP contribution is 2.51. The van der Waals surface area contributed by atoms with Gasteiger partial charge in [0.15, 0.2) is 17.7 Å². The van der Waals surface area contributed by atoms with Gasteiger partial charge in [-0.15, -0.1) is 0 Å². The van der Waals surface area contributed by atoms with Crippen LogP contribution < -0.4 is 10.2 Å². The molecule has 6 aliphatic rings. The molecular formula is C30H39F3N2O7. The van der Waals surface area contributed by atoms with Crippen LogP contribution in [0.2, 0.25) is 0 Å². The number of anilines is 1. The number of benzene rings is 1. The second-order valence-corrected chi connectivity index (χ2v) is 12.5. The molecule has 0 bridgehead atoms. The Bertz CT molecular complexity index is 1140. The molecule has 1 aromatic rings. The van der Waals surface area contributed by atoms with E-state index >= 15 is 0 Å². The Morgan fingerprint density at radius 1 is 0.738 bits per heavy atom. The Balaban J connectivity index is 0.000000177. The summed E-state index contributed by atoms with van der Waals surface area (Å²) in [6, 6.07) is 5.38. The second kappa shape index (κ2) is 11.0. The third kappa shape index (κ3) is 5.45. The summed E-state index contributed by atoms with van der Waals surface area (Å²) in [6.07, 6.45) is 0.799. The van der Waals surface area contributed by atoms with Crippen LogP contribution in [0.25, 0.3) is 0 Å². The van der Waals surface area contributed by atoms with Crippen molar-refractivity contribution in [3.63, 3.8) is 0 Å². The van der Waals surface area contributed by atoms with E-state index in [4.69, 9.17) is 18.9 Å². The third-order valence-corrected chi connectivity index (χ3v) is 10.3. The molecule has 4 heterocycles. The van der Waals surface area contributed by atoms with Crippen LogP contribution in [0.1, 0.15) is 75.9 Å². The number of aliphatic hydroxyl groups excluding tert-OH is 1. The van der Waals surface area contributed by atoms with Crippen molar-refractivity contribution in [2.75, 3.05) is 44.4 Å². The monoisotopic (exact) mass is 596 g/mol. The molecule has 4 spiro atoms. The Kier molecular flexibility index (Phi) is 7.83. The molecule has 2 saturated carbocycles. The molecule has 12 heteroatoms. The lowest BCUT2D eigenvalue weighted by molar-refractivity contribution is -0.206. The van der Waals surface area contributed by atoms with E-state index in [9.17, 15) is 27.9 Å². The lowest BCUT2D eigenvalue weighted by Gasteiger charge is -2.40. The number of hydrogen-bond acceptors (Lipinski definition) is 7. The molecule has 6 fully saturated rings. The third-order valence-electron chi connectivity index (χ3n) is 10.3. The average Bonchev–Trinajstić information content (AvgIpc) is 3.78. The molecular weight excluding hydrogens is 557 g/mol. The summed E-state index contributed by atoms with van der Waals surface area (Å²) >= 11 is 0. The molecule has 1 atom stereocenters. The molecule has 42 heavy (non-hydrogen) atoms. The van der Waals surface area contributed by atoms with Crippen LogP contribution in [0, 0.1) is 10.8 Å². The summed E-state index contributed by atoms with van der Waals surface area (Å²) in [5.41, 5.74) is -0.211. The maximum absolute atomic E-state index is 13.1. The number of ether oxygens (including phenoxy) is 4. The van der Waals surface area contributed by atoms with Crippen LogP contribution in [-0.2, 0) is 28.5 Å². The van der Waals surface area contributed by atoms with Gasteiger partial charge in [-0.25, -0.2) is 0 Å². The van der Waals surface area contributed by atoms with E-state index in [0.29, 0.717) is 64.3 Å². The minimum absolute atomic E-state index is 0.0134. The first-order valence-corrected chi connectivity index (χ1v) is 15.0. The molecule has 0 aromatic heterocycles. The summed E-state index contributed by atoms with van der Waals surface area (Å²) in [4.78, 5) is 26.5. The molecule has 232 valence electrons. The van der Waals surface area contributed by atoms with E-state index in [1.54, 1.807) is 4.90 Å². The minimum Gasteiger partial charge on any atom is -0.379 e. The van der Waals surface area contributed by atoms with Gasteiger partial charge in [0.2, 0.25) is 11.8 Å². The van der Waals surface area contributed by atoms with Crippen molar-refractivity contribution in [2.24, 2.45) is 10.8 Å². The molecule has 9 nitrogen and oxygen atoms in total. The largest absolute Gasteiger partial charge is 0.418 e. The van der Waals surface area contributed by atoms with Crippen LogP contribution in [0.4, 0.5) is 18.9 Å². The molecule has 4 aliphatic heterocycles. The quantitative estimate of drug-likeness (QED) is 0.529. The number of nitrogens with zero attached hydrogens (tertiary/aromatic N) is 1. The van der Waals surface area contributed by atoms with E-state index in [2.05, 4.69) is 5.32 Å². The number of carbonyl (C=O) groups excluding carboxylic acids is 2. The predicted octanol–water partition coefficient (Wildman–Crippen LogP) is 4.13. The zero-order chi connectivity index (χ0) is 29.6. The predicted molar refractivity (Wildman–Crippen MR) is 143 cm³/mol. The Morgan fingerprint density at radius 2 is 1.24 bits per heavy atom. The number of amides is 2. The minimum atomic E-state index is -4.71. The summed E-state index contributed by atoms with van der Waals surface area (Å²) in [5.74, 6) is -0.613. The molecule has 1 unspecified atom stereocenters. The Labute approximate surface area is 243 Å². The van der Waals surface area contributed by atoms with Crippen LogP contribution in [-0.4, -0.2) is 74.2 Å². The van der Waals surface area contributed by atoms with Crippen LogP contribution >= 0.6 is 0 Å². The van der Waals surface area contributed by atoms with Crippen molar-refractivity contribution >= 4 is 17.5 Å². The summed E-state index contributed by atoms with van der Waals surface area (Å²) < 4.78 is 60.7. The van der Waals surface area contributed by atoms with Gasteiger partial charge >= 0.3 is 6.18 Å². The Hall–Kier alpha value is -2.25. The molecule has 4 saturated heterocycles. The highest BCUT2D eigenvalue weighted by atomic mass is 19.4. The second-order valence-electron chi connectivity index (χ2n) is 12.5. The SMILES string of the molecule is O=C1N(c2ccc(C(O)C(F)(F)F)cc2)CCC12CCC1(CC2)OCCO1.O=C1NCCC12CCC1(CC2)OCCO1. The van der Waals surface area contributed by atoms with E-state index in [-0.39, 0.29) is 28.6 Å². The molecule has 2 amide bonds. The molecule has 1 aromatic carbocycles. The maximum Gasteiger partial charge on any atom is 0.418 e. The lowest BCUT2D eigenvalue weighted by Crippen LogP contribution is -2.44. The van der Waals surface area contributed by atoms with Crippen molar-refractivity contribution in [3.05, 3.63) is 29.8 Å². The van der Waals surface area contributed by atoms with E-state index in [1.807, 2.05) is 0 Å². The fourth-order valence-corrected chi connectivity index (χ4v) is 7.54. The van der Waals surface area contributed by atoms with Crippen LogP contribution in [0.15, 0.2) is 24.3 Å². The average molecular weight is 597 g/mol. The zero-order valence-electron chi connectivity index (χ0n) is 23.7. The molecule has 7 rings (SSSR count). The number of rotatable bonds is 2. The molecule has 0 radical (unpaired) electrons. The van der Waals surface area contributed by atoms with Crippen molar-refractivity contribution < 1.29 is 46.8 Å². The zero-order valence-corrected chi connectivity index (χ0v) is 23.7. The van der Waals surface area contributed by atoms with Gasteiger partial charge in [0.25, 0.3) is 0 Å². The normalized spacial score (nSPS) is 28.0. The highest BCUT2D eigenvalue weighted by molar-refractivity contribution is 6.00. The van der Waals surface area contributed by atoms with Gasteiger partial charge in [-0.3, -0.25) is 9.59 Å². The summed E-state index contributed by atoms with van der Waals surface area (Å²) in [7, 11) is 0. The van der Waals surface area contributed by atoms with E-state index < -0.39 is 23.5 Å². The first kappa shape index (κ1) is 29.8. The summed E-state index contributed by atoms with van der Waals surface area (Å²) in [6.45, 7) is 3.97. The fourth-order valence-electron chi connectivity index (χ4n) is 7.54. The maximum atomic E-state index is 13.1. The van der Waals surface area contributed by atoms with Crippen molar-refractivity contribution in [1.29, 1.82) is 0 Å². The molecule has 2 aliphatic carbocycles. The highest BCUT2D eigenvalue weighted by Gasteiger charge is 2.54. The van der Waals surface area contributed by atoms with Crippen LogP contribution in [0.5, 0.6) is 0 Å². The van der Waals surface area contributed by atoms with E-state index in [1.165, 1.54) is 24.3 Å². The van der Waals surface area contributed by atoms with Gasteiger partial charge in [0, 0.05) is 44.5 Å². The first-order chi connectivity index (χ1) is 20.0. The lowest BCUT2D eigenvalue weighted by atomic mass is 9.71. The van der Waals surface area contributed by atoms with Gasteiger partial charge in [0.05, 0.1) is 37.3 Å². The van der Waals surface area contributed by atoms with Crippen LogP contribution in [0.3, 0.4) is 0 Å². The van der Waals surface area contributed by atoms with Gasteiger partial charge in [-0.1, -0.05) is 12.1 Å². The topological polar surface area (TPSA) is 107 Å². The van der Waals surface area contributed by atoms with Gasteiger partial charge in [0.1, 0.15) is 0 Å². The first-order valence-electron chi connectivity index (χ1n) is 15.0. The van der Waals surface area contributed by atoms with Gasteiger partial charge < -0.3 is 34.3 Å². The number of aliphatic hydroxyl groups is 1. The van der Waals surface area contributed by atoms with Crippen molar-refractivity contribution in [3.8, 4) is 0 Å². The van der Waals surface area contributed by atoms with Crippen molar-refractivity contribution in [1.82, 2.24) is 5.32 Å². The number of halogens is 3. The smallest absolute Gasteiger partial charge is 0.379 e. The number of alkyl halides is 3. The van der Waals surface area contributed by atoms with Crippen molar-refractivity contribution in [2.45, 2.75) is 88.1 Å². The number of nitrogens with one attached hydrogen (secondary N) is 1. The standard InChI is InChI=1S/C19H22F3NO4.C11H17NO3/c20-19(21,22)15(24)13-1-3-14(4-2-13)23-10-9-17(16(23)25)5-7-18(8-6-17)26-11-12-27-18;13-9-10(5-6-12-9)1-3-11(4-2-10)14-7-8-15-11/h1-4,15,24H,5-12H2;1-8H2,(H,12,13). The van der Waals surface area contributed by atoms with Gasteiger partial charge in [-0.2, -0.15) is 13.2 Å². The number of hydrogen-bond donors (Lipinski definition) is 2. The summed E-state index contributed by atoms with van der Waals surface area (Å²) in [5, 5.41) is 12.3. The van der Waals surface area contributed by atoms with Gasteiger partial charge in [-0.05, 0) is 56.2 Å². The molecule has 2 N–H and O–H groups in total.